The van der Waals surface area contributed by atoms with Crippen LogP contribution >= 0.6 is 0 Å². The lowest BCUT2D eigenvalue weighted by atomic mass is 9.90. The third-order valence-electron chi connectivity index (χ3n) is 4.97. The predicted octanol–water partition coefficient (Wildman–Crippen LogP) is 7.51. The lowest BCUT2D eigenvalue weighted by molar-refractivity contribution is 0.0496. The average Bonchev–Trinajstić information content (AvgIpc) is 2.92. The summed E-state index contributed by atoms with van der Waals surface area (Å²) in [5, 5.41) is 3.80. The van der Waals surface area contributed by atoms with Gasteiger partial charge in [-0.25, -0.2) is 17.2 Å². The SMILES string of the molecule is C#CCC=C.C=CC(C)N/N=C(\C(=C(/C)c1ccc(S(C)(=O)=O)cc1)c1ccc(F)cc1)C(F)(F)CF.CC. The molecule has 0 aromatic heterocycles. The Hall–Kier alpha value is -3.64. The molecule has 1 N–H and O–H groups in total. The second-order valence-electron chi connectivity index (χ2n) is 7.95. The van der Waals surface area contributed by atoms with Crippen molar-refractivity contribution in [1.82, 2.24) is 5.43 Å². The van der Waals surface area contributed by atoms with Crippen molar-refractivity contribution in [2.45, 2.75) is 51.0 Å². The molecule has 0 bridgehead atoms. The quantitative estimate of drug-likeness (QED) is 0.0812. The van der Waals surface area contributed by atoms with Crippen LogP contribution in [0, 0.1) is 18.2 Å². The fourth-order valence-corrected chi connectivity index (χ4v) is 3.56. The van der Waals surface area contributed by atoms with E-state index in [1.54, 1.807) is 13.0 Å². The van der Waals surface area contributed by atoms with Crippen molar-refractivity contribution in [1.29, 1.82) is 0 Å². The van der Waals surface area contributed by atoms with Crippen molar-refractivity contribution in [3.8, 4) is 12.3 Å². The highest BCUT2D eigenvalue weighted by Gasteiger charge is 2.40. The number of allylic oxidation sites excluding steroid dienone is 3. The Morgan fingerprint density at radius 2 is 1.62 bits per heavy atom. The van der Waals surface area contributed by atoms with Gasteiger partial charge < -0.3 is 5.43 Å². The molecule has 0 saturated carbocycles. The highest BCUT2D eigenvalue weighted by atomic mass is 32.2. The van der Waals surface area contributed by atoms with Gasteiger partial charge in [0.25, 0.3) is 0 Å². The van der Waals surface area contributed by atoms with Gasteiger partial charge in [-0.05, 0) is 54.8 Å². The highest BCUT2D eigenvalue weighted by Crippen LogP contribution is 2.34. The van der Waals surface area contributed by atoms with Crippen LogP contribution in [0.3, 0.4) is 0 Å². The number of sulfone groups is 1. The van der Waals surface area contributed by atoms with Crippen molar-refractivity contribution in [3.63, 3.8) is 0 Å². The first-order valence-corrected chi connectivity index (χ1v) is 13.9. The number of nitrogens with one attached hydrogen (secondary N) is 1. The van der Waals surface area contributed by atoms with E-state index in [9.17, 15) is 26.0 Å². The van der Waals surface area contributed by atoms with Crippen LogP contribution in [-0.4, -0.2) is 39.0 Å². The van der Waals surface area contributed by atoms with Crippen LogP contribution in [0.15, 0.2) is 83.8 Å². The minimum absolute atomic E-state index is 0.0573. The lowest BCUT2D eigenvalue weighted by Crippen LogP contribution is -2.35. The number of terminal acetylenes is 1. The third-order valence-corrected chi connectivity index (χ3v) is 6.10. The smallest absolute Gasteiger partial charge is 0.303 e. The number of benzene rings is 2. The molecule has 0 saturated heterocycles. The Morgan fingerprint density at radius 3 is 2.00 bits per heavy atom. The van der Waals surface area contributed by atoms with E-state index in [0.29, 0.717) is 12.0 Å². The molecule has 2 rings (SSSR count). The van der Waals surface area contributed by atoms with Crippen LogP contribution in [0.5, 0.6) is 0 Å². The van der Waals surface area contributed by atoms with Crippen molar-refractivity contribution >= 4 is 26.7 Å². The largest absolute Gasteiger partial charge is 0.319 e. The van der Waals surface area contributed by atoms with Gasteiger partial charge in [-0.1, -0.05) is 50.3 Å². The highest BCUT2D eigenvalue weighted by molar-refractivity contribution is 7.90. The second kappa shape index (κ2) is 17.0. The molecule has 1 unspecified atom stereocenters. The first kappa shape index (κ1) is 35.4. The summed E-state index contributed by atoms with van der Waals surface area (Å²) < 4.78 is 79.8. The van der Waals surface area contributed by atoms with E-state index in [4.69, 9.17) is 6.42 Å². The molecular formula is C30H36F4N2O2S. The number of hydrazone groups is 1. The first-order valence-electron chi connectivity index (χ1n) is 12.0. The van der Waals surface area contributed by atoms with Gasteiger partial charge in [0.15, 0.2) is 16.5 Å². The molecule has 9 heteroatoms. The molecule has 0 spiro atoms. The number of alkyl halides is 3. The zero-order valence-corrected chi connectivity index (χ0v) is 23.8. The van der Waals surface area contributed by atoms with Crippen molar-refractivity contribution in [3.05, 3.63) is 90.8 Å². The maximum Gasteiger partial charge on any atom is 0.319 e. The molecule has 212 valence electrons. The lowest BCUT2D eigenvalue weighted by Gasteiger charge is -2.22. The summed E-state index contributed by atoms with van der Waals surface area (Å²) in [6.07, 6.45) is 9.68. The van der Waals surface area contributed by atoms with Crippen molar-refractivity contribution in [2.75, 3.05) is 12.9 Å². The Labute approximate surface area is 230 Å². The van der Waals surface area contributed by atoms with Gasteiger partial charge in [-0.3, -0.25) is 0 Å². The summed E-state index contributed by atoms with van der Waals surface area (Å²) in [7, 11) is -3.46. The van der Waals surface area contributed by atoms with Gasteiger partial charge in [0.2, 0.25) is 0 Å². The summed E-state index contributed by atoms with van der Waals surface area (Å²) >= 11 is 0. The van der Waals surface area contributed by atoms with Crippen LogP contribution in [0.25, 0.3) is 11.1 Å². The van der Waals surface area contributed by atoms with Crippen LogP contribution in [0.4, 0.5) is 17.6 Å². The Bertz CT molecular complexity index is 1280. The van der Waals surface area contributed by atoms with Gasteiger partial charge in [-0.15, -0.1) is 25.5 Å². The normalized spacial score (nSPS) is 12.8. The van der Waals surface area contributed by atoms with Gasteiger partial charge in [0.05, 0.1) is 10.9 Å². The van der Waals surface area contributed by atoms with Gasteiger partial charge in [-0.2, -0.15) is 13.9 Å². The van der Waals surface area contributed by atoms with Crippen molar-refractivity contribution < 1.29 is 26.0 Å². The second-order valence-corrected chi connectivity index (χ2v) is 9.97. The van der Waals surface area contributed by atoms with Crippen LogP contribution < -0.4 is 5.43 Å². The summed E-state index contributed by atoms with van der Waals surface area (Å²) in [5.74, 6) is -2.13. The molecule has 0 radical (unpaired) electrons. The monoisotopic (exact) mass is 564 g/mol. The Morgan fingerprint density at radius 1 is 1.10 bits per heavy atom. The summed E-state index contributed by atoms with van der Waals surface area (Å²) in [6.45, 7) is 12.1. The molecule has 0 aliphatic carbocycles. The average molecular weight is 565 g/mol. The molecule has 0 aliphatic rings. The van der Waals surface area contributed by atoms with E-state index in [1.807, 2.05) is 13.8 Å². The number of nitrogens with zero attached hydrogens (tertiary/aromatic N) is 1. The molecule has 0 heterocycles. The number of halogens is 4. The van der Waals surface area contributed by atoms with E-state index in [0.717, 1.165) is 18.4 Å². The maximum absolute atomic E-state index is 14.7. The maximum atomic E-state index is 14.7. The number of hydrogen-bond donors (Lipinski definition) is 1. The molecule has 0 amide bonds. The minimum Gasteiger partial charge on any atom is -0.303 e. The van der Waals surface area contributed by atoms with E-state index in [2.05, 4.69) is 29.6 Å². The summed E-state index contributed by atoms with van der Waals surface area (Å²) in [4.78, 5) is 0.0573. The molecule has 4 nitrogen and oxygen atoms in total. The van der Waals surface area contributed by atoms with Gasteiger partial charge in [0.1, 0.15) is 11.5 Å². The minimum atomic E-state index is -3.95. The zero-order valence-electron chi connectivity index (χ0n) is 22.9. The van der Waals surface area contributed by atoms with E-state index >= 15 is 0 Å². The van der Waals surface area contributed by atoms with Gasteiger partial charge >= 0.3 is 5.92 Å². The Kier molecular flexibility index (Phi) is 15.5. The molecular weight excluding hydrogens is 528 g/mol. The molecule has 2 aromatic rings. The molecule has 39 heavy (non-hydrogen) atoms. The first-order chi connectivity index (χ1) is 18.3. The fraction of sp³-hybridized carbons (Fsp3) is 0.300. The van der Waals surface area contributed by atoms with Crippen LogP contribution in [0.2, 0.25) is 0 Å². The third kappa shape index (κ3) is 11.3. The summed E-state index contributed by atoms with van der Waals surface area (Å²) in [5.41, 5.74) is 2.41. The van der Waals surface area contributed by atoms with Crippen molar-refractivity contribution in [2.24, 2.45) is 5.10 Å². The zero-order chi connectivity index (χ0) is 30.2. The standard InChI is InChI=1S/C23H24F4N2O2S.C5H6.C2H6/c1-5-15(2)28-29-22(23(26,27)14-24)21(18-6-10-19(25)11-7-18)16(3)17-8-12-20(13-9-17)32(4,30)31;1-3-5-4-2;1-2/h5-13,15,28H,1,14H2,2-4H3;1,4H,2,5H2;1-2H3/b21-16+,29-22+;;. The van der Waals surface area contributed by atoms with E-state index in [1.165, 1.54) is 49.4 Å². The molecule has 1 atom stereocenters. The van der Waals surface area contributed by atoms with Crippen LogP contribution in [-0.2, 0) is 9.84 Å². The predicted molar refractivity (Wildman–Crippen MR) is 155 cm³/mol. The topological polar surface area (TPSA) is 58.5 Å². The number of hydrogen-bond acceptors (Lipinski definition) is 4. The molecule has 0 aliphatic heterocycles. The summed E-state index contributed by atoms with van der Waals surface area (Å²) in [6, 6.07) is 9.90. The molecule has 0 fully saturated rings. The Balaban J connectivity index is 0.00000185. The van der Waals surface area contributed by atoms with Crippen LogP contribution in [0.1, 0.15) is 45.2 Å². The number of rotatable bonds is 10. The van der Waals surface area contributed by atoms with E-state index < -0.39 is 40.0 Å². The van der Waals surface area contributed by atoms with Gasteiger partial charge in [0, 0.05) is 18.2 Å². The molecule has 2 aromatic carbocycles. The van der Waals surface area contributed by atoms with E-state index in [-0.39, 0.29) is 21.6 Å². The fourth-order valence-electron chi connectivity index (χ4n) is 2.93.